The van der Waals surface area contributed by atoms with Gasteiger partial charge < -0.3 is 9.73 Å². The molecule has 1 aromatic rings. The summed E-state index contributed by atoms with van der Waals surface area (Å²) < 4.78 is 5.94. The average molecular weight is 247 g/mol. The number of hydrogen-bond acceptors (Lipinski definition) is 2. The van der Waals surface area contributed by atoms with Gasteiger partial charge in [-0.3, -0.25) is 0 Å². The molecule has 3 rings (SSSR count). The minimum Gasteiger partial charge on any atom is -0.464 e. The smallest absolute Gasteiger partial charge is 0.117 e. The molecule has 2 fully saturated rings. The summed E-state index contributed by atoms with van der Waals surface area (Å²) >= 11 is 0. The zero-order valence-corrected chi connectivity index (χ0v) is 11.6. The zero-order chi connectivity index (χ0) is 12.5. The molecular formula is C16H25NO. The fourth-order valence-corrected chi connectivity index (χ4v) is 3.26. The second-order valence-electron chi connectivity index (χ2n) is 6.37. The maximum Gasteiger partial charge on any atom is 0.117 e. The van der Waals surface area contributed by atoms with Gasteiger partial charge in [0.25, 0.3) is 0 Å². The van der Waals surface area contributed by atoms with Crippen LogP contribution in [0.3, 0.4) is 0 Å². The van der Waals surface area contributed by atoms with E-state index in [0.717, 1.165) is 24.1 Å². The molecule has 2 aliphatic carbocycles. The van der Waals surface area contributed by atoms with Crippen LogP contribution in [0.5, 0.6) is 0 Å². The van der Waals surface area contributed by atoms with Gasteiger partial charge in [0.15, 0.2) is 0 Å². The van der Waals surface area contributed by atoms with E-state index in [1.807, 2.05) is 0 Å². The molecule has 0 radical (unpaired) electrons. The Morgan fingerprint density at radius 3 is 2.67 bits per heavy atom. The normalized spacial score (nSPS) is 35.7. The van der Waals surface area contributed by atoms with E-state index < -0.39 is 0 Å². The monoisotopic (exact) mass is 247 g/mol. The fraction of sp³-hybridized carbons (Fsp3) is 0.750. The Labute approximate surface area is 110 Å². The topological polar surface area (TPSA) is 25.2 Å². The molecular weight excluding hydrogens is 222 g/mol. The maximum atomic E-state index is 5.94. The molecule has 2 saturated carbocycles. The Morgan fingerprint density at radius 2 is 1.94 bits per heavy atom. The summed E-state index contributed by atoms with van der Waals surface area (Å²) in [6.45, 7) is 5.57. The second-order valence-corrected chi connectivity index (χ2v) is 6.37. The second kappa shape index (κ2) is 5.08. The average Bonchev–Trinajstić information content (AvgIpc) is 2.91. The van der Waals surface area contributed by atoms with E-state index in [9.17, 15) is 0 Å². The predicted octanol–water partition coefficient (Wildman–Crippen LogP) is 4.07. The van der Waals surface area contributed by atoms with E-state index in [1.54, 1.807) is 0 Å². The van der Waals surface area contributed by atoms with Crippen LogP contribution in [-0.2, 0) is 6.54 Å². The van der Waals surface area contributed by atoms with Gasteiger partial charge in [-0.15, -0.1) is 0 Å². The lowest BCUT2D eigenvalue weighted by atomic mass is 9.86. The van der Waals surface area contributed by atoms with Crippen molar-refractivity contribution in [3.8, 4) is 0 Å². The summed E-state index contributed by atoms with van der Waals surface area (Å²) in [5.41, 5.74) is 0. The molecule has 0 saturated heterocycles. The van der Waals surface area contributed by atoms with E-state index in [-0.39, 0.29) is 0 Å². The highest BCUT2D eigenvalue weighted by Crippen LogP contribution is 2.47. The summed E-state index contributed by atoms with van der Waals surface area (Å²) in [6, 6.07) is 5.02. The third-order valence-electron chi connectivity index (χ3n) is 4.81. The van der Waals surface area contributed by atoms with Crippen LogP contribution in [0.2, 0.25) is 0 Å². The van der Waals surface area contributed by atoms with Crippen molar-refractivity contribution >= 4 is 0 Å². The van der Waals surface area contributed by atoms with Crippen molar-refractivity contribution in [1.82, 2.24) is 5.32 Å². The molecule has 0 aliphatic heterocycles. The number of rotatable bonds is 4. The third-order valence-corrected chi connectivity index (χ3v) is 4.81. The molecule has 2 heteroatoms. The SMILES string of the molecule is CC1CCCCC1NCc1ccc(C2CC2C)o1. The molecule has 1 heterocycles. The van der Waals surface area contributed by atoms with Crippen molar-refractivity contribution in [2.45, 2.75) is 64.5 Å². The lowest BCUT2D eigenvalue weighted by molar-refractivity contribution is 0.272. The van der Waals surface area contributed by atoms with E-state index in [4.69, 9.17) is 4.42 Å². The van der Waals surface area contributed by atoms with Gasteiger partial charge in [0.2, 0.25) is 0 Å². The van der Waals surface area contributed by atoms with Gasteiger partial charge in [-0.2, -0.15) is 0 Å². The molecule has 0 bridgehead atoms. The van der Waals surface area contributed by atoms with Crippen molar-refractivity contribution in [3.05, 3.63) is 23.7 Å². The van der Waals surface area contributed by atoms with Crippen molar-refractivity contribution < 1.29 is 4.42 Å². The van der Waals surface area contributed by atoms with Crippen LogP contribution in [0.15, 0.2) is 16.5 Å². The van der Waals surface area contributed by atoms with Crippen molar-refractivity contribution in [2.75, 3.05) is 0 Å². The summed E-state index contributed by atoms with van der Waals surface area (Å²) in [5.74, 6) is 4.66. The van der Waals surface area contributed by atoms with E-state index >= 15 is 0 Å². The Morgan fingerprint density at radius 1 is 1.17 bits per heavy atom. The first-order valence-corrected chi connectivity index (χ1v) is 7.56. The third kappa shape index (κ3) is 2.64. The van der Waals surface area contributed by atoms with Crippen LogP contribution >= 0.6 is 0 Å². The molecule has 1 N–H and O–H groups in total. The summed E-state index contributed by atoms with van der Waals surface area (Å²) in [7, 11) is 0. The molecule has 1 aromatic heterocycles. The standard InChI is InChI=1S/C16H25NO/c1-11-5-3-4-6-15(11)17-10-13-7-8-16(18-13)14-9-12(14)2/h7-8,11-12,14-15,17H,3-6,9-10H2,1-2H3. The van der Waals surface area contributed by atoms with Crippen molar-refractivity contribution in [1.29, 1.82) is 0 Å². The first kappa shape index (κ1) is 12.3. The Bertz CT molecular complexity index is 398. The quantitative estimate of drug-likeness (QED) is 0.867. The fourth-order valence-electron chi connectivity index (χ4n) is 3.26. The molecule has 4 unspecified atom stereocenters. The molecule has 4 atom stereocenters. The summed E-state index contributed by atoms with van der Waals surface area (Å²) in [6.07, 6.45) is 6.80. The minimum absolute atomic E-state index is 0.687. The molecule has 2 aliphatic rings. The van der Waals surface area contributed by atoms with E-state index in [2.05, 4.69) is 31.3 Å². The largest absolute Gasteiger partial charge is 0.464 e. The van der Waals surface area contributed by atoms with Gasteiger partial charge >= 0.3 is 0 Å². The number of furan rings is 1. The Hall–Kier alpha value is -0.760. The summed E-state index contributed by atoms with van der Waals surface area (Å²) in [4.78, 5) is 0. The van der Waals surface area contributed by atoms with Crippen LogP contribution < -0.4 is 5.32 Å². The highest BCUT2D eigenvalue weighted by molar-refractivity contribution is 5.17. The van der Waals surface area contributed by atoms with Gasteiger partial charge in [-0.1, -0.05) is 26.7 Å². The van der Waals surface area contributed by atoms with Gasteiger partial charge in [0, 0.05) is 12.0 Å². The van der Waals surface area contributed by atoms with Crippen LogP contribution in [0, 0.1) is 11.8 Å². The van der Waals surface area contributed by atoms with Gasteiger partial charge in [-0.05, 0) is 43.2 Å². The lowest BCUT2D eigenvalue weighted by Gasteiger charge is -2.29. The van der Waals surface area contributed by atoms with Gasteiger partial charge in [-0.25, -0.2) is 0 Å². The first-order valence-electron chi connectivity index (χ1n) is 7.56. The van der Waals surface area contributed by atoms with Gasteiger partial charge in [0.1, 0.15) is 11.5 Å². The molecule has 2 nitrogen and oxygen atoms in total. The zero-order valence-electron chi connectivity index (χ0n) is 11.6. The van der Waals surface area contributed by atoms with Crippen LogP contribution in [-0.4, -0.2) is 6.04 Å². The van der Waals surface area contributed by atoms with Crippen molar-refractivity contribution in [2.24, 2.45) is 11.8 Å². The summed E-state index contributed by atoms with van der Waals surface area (Å²) in [5, 5.41) is 3.68. The lowest BCUT2D eigenvalue weighted by Crippen LogP contribution is -2.36. The molecule has 0 amide bonds. The number of hydrogen-bond donors (Lipinski definition) is 1. The van der Waals surface area contributed by atoms with Crippen LogP contribution in [0.25, 0.3) is 0 Å². The van der Waals surface area contributed by atoms with E-state index in [0.29, 0.717) is 12.0 Å². The highest BCUT2D eigenvalue weighted by Gasteiger charge is 2.36. The Kier molecular flexibility index (Phi) is 3.47. The highest BCUT2D eigenvalue weighted by atomic mass is 16.3. The number of nitrogens with one attached hydrogen (secondary N) is 1. The molecule has 18 heavy (non-hydrogen) atoms. The molecule has 100 valence electrons. The predicted molar refractivity (Wildman–Crippen MR) is 73.5 cm³/mol. The Balaban J connectivity index is 1.51. The van der Waals surface area contributed by atoms with Crippen molar-refractivity contribution in [3.63, 3.8) is 0 Å². The van der Waals surface area contributed by atoms with Crippen LogP contribution in [0.1, 0.15) is 63.4 Å². The molecule has 0 aromatic carbocycles. The van der Waals surface area contributed by atoms with Gasteiger partial charge in [0.05, 0.1) is 6.54 Å². The maximum absolute atomic E-state index is 5.94. The molecule has 0 spiro atoms. The van der Waals surface area contributed by atoms with Crippen LogP contribution in [0.4, 0.5) is 0 Å². The first-order chi connectivity index (χ1) is 8.74. The minimum atomic E-state index is 0.687. The van der Waals surface area contributed by atoms with E-state index in [1.165, 1.54) is 37.9 Å².